The summed E-state index contributed by atoms with van der Waals surface area (Å²) in [5.41, 5.74) is 4.54. The van der Waals surface area contributed by atoms with E-state index >= 15 is 0 Å². The summed E-state index contributed by atoms with van der Waals surface area (Å²) in [6, 6.07) is 7.57. The zero-order chi connectivity index (χ0) is 14.7. The quantitative estimate of drug-likeness (QED) is 0.895. The van der Waals surface area contributed by atoms with Crippen molar-refractivity contribution in [2.75, 3.05) is 19.0 Å². The molecule has 2 N–H and O–H groups in total. The topological polar surface area (TPSA) is 61.0 Å². The zero-order valence-electron chi connectivity index (χ0n) is 12.3. The van der Waals surface area contributed by atoms with E-state index in [9.17, 15) is 4.79 Å². The van der Waals surface area contributed by atoms with E-state index in [2.05, 4.69) is 15.5 Å². The fraction of sp³-hybridized carbons (Fsp3) is 0.333. The van der Waals surface area contributed by atoms with Crippen LogP contribution in [0, 0.1) is 13.8 Å². The molecular weight excluding hydrogens is 252 g/mol. The maximum atomic E-state index is 12.3. The molecule has 0 aliphatic rings. The van der Waals surface area contributed by atoms with Crippen LogP contribution in [0.1, 0.15) is 27.3 Å². The Morgan fingerprint density at radius 1 is 1.30 bits per heavy atom. The van der Waals surface area contributed by atoms with Crippen molar-refractivity contribution >= 4 is 11.6 Å². The number of aryl methyl sites for hydroxylation is 2. The maximum Gasteiger partial charge on any atom is 0.253 e. The number of amides is 1. The maximum absolute atomic E-state index is 12.3. The standard InChI is InChI=1S/C15H20N4O/c1-10-13(11(2)18-17-10)9-16-15(20)12-7-5-6-8-14(12)19(3)4/h5-8H,9H2,1-4H3,(H,16,20)(H,17,18). The molecule has 5 heteroatoms. The highest BCUT2D eigenvalue weighted by atomic mass is 16.1. The number of hydrogen-bond donors (Lipinski definition) is 2. The highest BCUT2D eigenvalue weighted by Crippen LogP contribution is 2.18. The van der Waals surface area contributed by atoms with Gasteiger partial charge in [0.2, 0.25) is 0 Å². The number of hydrogen-bond acceptors (Lipinski definition) is 3. The number of benzene rings is 1. The van der Waals surface area contributed by atoms with E-state index < -0.39 is 0 Å². The third kappa shape index (κ3) is 2.82. The number of aromatic nitrogens is 2. The molecule has 1 heterocycles. The predicted octanol–water partition coefficient (Wildman–Crippen LogP) is 2.02. The lowest BCUT2D eigenvalue weighted by Gasteiger charge is -2.17. The van der Waals surface area contributed by atoms with Crippen LogP contribution >= 0.6 is 0 Å². The molecule has 0 bridgehead atoms. The van der Waals surface area contributed by atoms with E-state index in [-0.39, 0.29) is 5.91 Å². The lowest BCUT2D eigenvalue weighted by molar-refractivity contribution is 0.0951. The van der Waals surface area contributed by atoms with E-state index in [1.54, 1.807) is 0 Å². The molecule has 0 saturated carbocycles. The second kappa shape index (κ2) is 5.77. The molecule has 0 radical (unpaired) electrons. The van der Waals surface area contributed by atoms with Crippen LogP contribution in [-0.2, 0) is 6.54 Å². The smallest absolute Gasteiger partial charge is 0.253 e. The molecular formula is C15H20N4O. The summed E-state index contributed by atoms with van der Waals surface area (Å²) in [4.78, 5) is 14.3. The molecule has 20 heavy (non-hydrogen) atoms. The van der Waals surface area contributed by atoms with Crippen molar-refractivity contribution in [3.63, 3.8) is 0 Å². The van der Waals surface area contributed by atoms with Gasteiger partial charge in [-0.2, -0.15) is 5.10 Å². The lowest BCUT2D eigenvalue weighted by Crippen LogP contribution is -2.25. The van der Waals surface area contributed by atoms with Crippen LogP contribution in [0.2, 0.25) is 0 Å². The molecule has 0 saturated heterocycles. The summed E-state index contributed by atoms with van der Waals surface area (Å²) in [6.07, 6.45) is 0. The van der Waals surface area contributed by atoms with Crippen molar-refractivity contribution in [3.8, 4) is 0 Å². The second-order valence-corrected chi connectivity index (χ2v) is 5.01. The Kier molecular flexibility index (Phi) is 4.08. The van der Waals surface area contributed by atoms with Crippen LogP contribution in [-0.4, -0.2) is 30.2 Å². The van der Waals surface area contributed by atoms with Gasteiger partial charge in [0.25, 0.3) is 5.91 Å². The minimum absolute atomic E-state index is 0.0747. The van der Waals surface area contributed by atoms with Crippen LogP contribution in [0.3, 0.4) is 0 Å². The molecule has 5 nitrogen and oxygen atoms in total. The highest BCUT2D eigenvalue weighted by Gasteiger charge is 2.13. The van der Waals surface area contributed by atoms with Crippen LogP contribution in [0.4, 0.5) is 5.69 Å². The SMILES string of the molecule is Cc1n[nH]c(C)c1CNC(=O)c1ccccc1N(C)C. The Balaban J connectivity index is 2.14. The molecule has 1 amide bonds. The van der Waals surface area contributed by atoms with Crippen molar-refractivity contribution < 1.29 is 4.79 Å². The van der Waals surface area contributed by atoms with Gasteiger partial charge in [0.05, 0.1) is 11.3 Å². The summed E-state index contributed by atoms with van der Waals surface area (Å²) in [7, 11) is 3.85. The van der Waals surface area contributed by atoms with Gasteiger partial charge in [0, 0.05) is 37.6 Å². The Labute approximate surface area is 119 Å². The summed E-state index contributed by atoms with van der Waals surface area (Å²) in [5.74, 6) is -0.0747. The summed E-state index contributed by atoms with van der Waals surface area (Å²) >= 11 is 0. The van der Waals surface area contributed by atoms with E-state index in [1.165, 1.54) is 0 Å². The number of nitrogens with zero attached hydrogens (tertiary/aromatic N) is 2. The third-order valence-electron chi connectivity index (χ3n) is 3.34. The third-order valence-corrected chi connectivity index (χ3v) is 3.34. The number of H-pyrrole nitrogens is 1. The average Bonchev–Trinajstić information content (AvgIpc) is 2.75. The first-order chi connectivity index (χ1) is 9.50. The van der Waals surface area contributed by atoms with Crippen molar-refractivity contribution in [1.82, 2.24) is 15.5 Å². The number of para-hydroxylation sites is 1. The van der Waals surface area contributed by atoms with Gasteiger partial charge in [0.15, 0.2) is 0 Å². The van der Waals surface area contributed by atoms with E-state index in [0.29, 0.717) is 12.1 Å². The van der Waals surface area contributed by atoms with E-state index in [0.717, 1.165) is 22.6 Å². The fourth-order valence-corrected chi connectivity index (χ4v) is 2.15. The molecule has 0 unspecified atom stereocenters. The summed E-state index contributed by atoms with van der Waals surface area (Å²) < 4.78 is 0. The number of rotatable bonds is 4. The molecule has 0 fully saturated rings. The number of aromatic amines is 1. The van der Waals surface area contributed by atoms with Gasteiger partial charge in [-0.25, -0.2) is 0 Å². The number of carbonyl (C=O) groups is 1. The number of carbonyl (C=O) groups excluding carboxylic acids is 1. The normalized spacial score (nSPS) is 10.4. The Morgan fingerprint density at radius 3 is 2.60 bits per heavy atom. The predicted molar refractivity (Wildman–Crippen MR) is 80.0 cm³/mol. The molecule has 0 aliphatic carbocycles. The van der Waals surface area contributed by atoms with Gasteiger partial charge in [-0.15, -0.1) is 0 Å². The molecule has 2 rings (SSSR count). The summed E-state index contributed by atoms with van der Waals surface area (Å²) in [5, 5.41) is 10.0. The molecule has 0 spiro atoms. The van der Waals surface area contributed by atoms with Gasteiger partial charge in [-0.05, 0) is 26.0 Å². The van der Waals surface area contributed by atoms with Crippen molar-refractivity contribution in [3.05, 3.63) is 46.8 Å². The van der Waals surface area contributed by atoms with Gasteiger partial charge in [-0.1, -0.05) is 12.1 Å². The molecule has 1 aromatic carbocycles. The Bertz CT molecular complexity index is 597. The van der Waals surface area contributed by atoms with Gasteiger partial charge in [0.1, 0.15) is 0 Å². The van der Waals surface area contributed by atoms with Gasteiger partial charge < -0.3 is 10.2 Å². The molecule has 0 atom stereocenters. The highest BCUT2D eigenvalue weighted by molar-refractivity contribution is 5.99. The van der Waals surface area contributed by atoms with Crippen molar-refractivity contribution in [2.45, 2.75) is 20.4 Å². The van der Waals surface area contributed by atoms with Crippen LogP contribution in [0.5, 0.6) is 0 Å². The van der Waals surface area contributed by atoms with E-state index in [4.69, 9.17) is 0 Å². The van der Waals surface area contributed by atoms with Crippen LogP contribution in [0.25, 0.3) is 0 Å². The van der Waals surface area contributed by atoms with Gasteiger partial charge in [-0.3, -0.25) is 9.89 Å². The second-order valence-electron chi connectivity index (χ2n) is 5.01. The van der Waals surface area contributed by atoms with Crippen LogP contribution < -0.4 is 10.2 Å². The Hall–Kier alpha value is -2.30. The summed E-state index contributed by atoms with van der Waals surface area (Å²) in [6.45, 7) is 4.36. The van der Waals surface area contributed by atoms with Crippen LogP contribution in [0.15, 0.2) is 24.3 Å². The molecule has 1 aromatic heterocycles. The molecule has 106 valence electrons. The lowest BCUT2D eigenvalue weighted by atomic mass is 10.1. The average molecular weight is 272 g/mol. The Morgan fingerprint density at radius 2 is 2.00 bits per heavy atom. The fourth-order valence-electron chi connectivity index (χ4n) is 2.15. The first kappa shape index (κ1) is 14.1. The monoisotopic (exact) mass is 272 g/mol. The number of anilines is 1. The van der Waals surface area contributed by atoms with Crippen molar-refractivity contribution in [2.24, 2.45) is 0 Å². The minimum atomic E-state index is -0.0747. The van der Waals surface area contributed by atoms with Crippen molar-refractivity contribution in [1.29, 1.82) is 0 Å². The largest absolute Gasteiger partial charge is 0.377 e. The minimum Gasteiger partial charge on any atom is -0.377 e. The molecule has 0 aliphatic heterocycles. The zero-order valence-corrected chi connectivity index (χ0v) is 12.3. The number of nitrogens with one attached hydrogen (secondary N) is 2. The molecule has 2 aromatic rings. The van der Waals surface area contributed by atoms with Gasteiger partial charge >= 0.3 is 0 Å². The first-order valence-electron chi connectivity index (χ1n) is 6.55. The first-order valence-corrected chi connectivity index (χ1v) is 6.55. The van der Waals surface area contributed by atoms with E-state index in [1.807, 2.05) is 57.1 Å².